The van der Waals surface area contributed by atoms with Gasteiger partial charge in [-0.3, -0.25) is 29.3 Å². The quantitative estimate of drug-likeness (QED) is 0.0893. The molecule has 12 heteroatoms. The van der Waals surface area contributed by atoms with Gasteiger partial charge in [0.25, 0.3) is 5.91 Å². The fourth-order valence-electron chi connectivity index (χ4n) is 6.64. The fourth-order valence-corrected chi connectivity index (χ4v) is 6.64. The van der Waals surface area contributed by atoms with Crippen molar-refractivity contribution in [1.82, 2.24) is 30.3 Å². The van der Waals surface area contributed by atoms with Crippen molar-refractivity contribution in [3.63, 3.8) is 0 Å². The van der Waals surface area contributed by atoms with Crippen LogP contribution >= 0.6 is 0 Å². The average molecular weight is 678 g/mol. The monoisotopic (exact) mass is 677 g/mol. The largest absolute Gasteiger partial charge is 0.385 e. The Morgan fingerprint density at radius 3 is 2.48 bits per heavy atom. The molecule has 2 saturated heterocycles. The van der Waals surface area contributed by atoms with E-state index in [9.17, 15) is 24.0 Å². The van der Waals surface area contributed by atoms with E-state index in [2.05, 4.69) is 37.9 Å². The number of aldehydes is 1. The lowest BCUT2D eigenvalue weighted by Gasteiger charge is -2.39. The number of imide groups is 1. The van der Waals surface area contributed by atoms with Crippen molar-refractivity contribution < 1.29 is 24.0 Å². The van der Waals surface area contributed by atoms with Gasteiger partial charge in [0, 0.05) is 73.3 Å². The Labute approximate surface area is 291 Å². The summed E-state index contributed by atoms with van der Waals surface area (Å²) in [4.78, 5) is 68.0. The van der Waals surface area contributed by atoms with Gasteiger partial charge >= 0.3 is 0 Å². The molecule has 1 atom stereocenters. The first-order chi connectivity index (χ1) is 24.3. The highest BCUT2D eigenvalue weighted by molar-refractivity contribution is 6.06. The van der Waals surface area contributed by atoms with Crippen molar-refractivity contribution in [2.45, 2.75) is 69.7 Å². The van der Waals surface area contributed by atoms with Crippen LogP contribution in [-0.4, -0.2) is 87.6 Å². The Morgan fingerprint density at radius 2 is 1.72 bits per heavy atom. The number of fused-ring (bicyclic) bond motifs is 1. The number of likely N-dealkylation sites (N-methyl/N-ethyl adjacent to an activating group) is 1. The van der Waals surface area contributed by atoms with Crippen LogP contribution in [0.15, 0.2) is 60.7 Å². The number of hydrogen-bond donors (Lipinski definition) is 3. The van der Waals surface area contributed by atoms with Gasteiger partial charge in [-0.2, -0.15) is 0 Å². The number of carbonyl (C=O) groups excluding carboxylic acids is 5. The molecule has 0 bridgehead atoms. The van der Waals surface area contributed by atoms with E-state index in [1.165, 1.54) is 11.9 Å². The molecule has 0 radical (unpaired) electrons. The number of nitrogens with one attached hydrogen (secondary N) is 3. The van der Waals surface area contributed by atoms with Crippen LogP contribution in [-0.2, 0) is 14.4 Å². The number of carbonyl (C=O) groups is 5. The number of H-pyrrole nitrogens is 1. The molecule has 2 aromatic heterocycles. The highest BCUT2D eigenvalue weighted by atomic mass is 16.2. The first-order valence-corrected chi connectivity index (χ1v) is 17.4. The molecule has 2 aromatic carbocycles. The lowest BCUT2D eigenvalue weighted by Crippen LogP contribution is -2.53. The lowest BCUT2D eigenvalue weighted by molar-refractivity contribution is -0.137. The standard InChI is InChI=1S/C38H43N7O5/c1-44(33-16-17-34(47)41-37(33)49)38(50)30-21-29(15-14-26(30)24-46)39-18-10-5-3-2-4-9-13-35(48)45-22-28(23-45)31-19-27-20-32(42-43-36(27)40-31)25-11-7-6-8-12-25/h6-8,11-12,14-15,19-21,24,28,33,39H,2-5,9-10,13,16-18,22-23H2,1H3,(H,40,43)(H,41,47,49). The van der Waals surface area contributed by atoms with Crippen LogP contribution < -0.4 is 10.6 Å². The van der Waals surface area contributed by atoms with E-state index in [4.69, 9.17) is 0 Å². The summed E-state index contributed by atoms with van der Waals surface area (Å²) in [7, 11) is 1.51. The van der Waals surface area contributed by atoms with Gasteiger partial charge in [-0.1, -0.05) is 56.0 Å². The summed E-state index contributed by atoms with van der Waals surface area (Å²) in [6.07, 6.45) is 7.62. The fraction of sp³-hybridized carbons (Fsp3) is 0.395. The molecule has 2 aliphatic rings. The second-order valence-electron chi connectivity index (χ2n) is 13.2. The number of amides is 4. The van der Waals surface area contributed by atoms with Crippen molar-refractivity contribution in [3.8, 4) is 11.3 Å². The molecule has 0 saturated carbocycles. The van der Waals surface area contributed by atoms with Crippen LogP contribution in [0.3, 0.4) is 0 Å². The van der Waals surface area contributed by atoms with Crippen molar-refractivity contribution >= 4 is 46.6 Å². The summed E-state index contributed by atoms with van der Waals surface area (Å²) < 4.78 is 0. The highest BCUT2D eigenvalue weighted by Crippen LogP contribution is 2.30. The number of aromatic nitrogens is 3. The highest BCUT2D eigenvalue weighted by Gasteiger charge is 2.34. The number of aromatic amines is 1. The molecule has 12 nitrogen and oxygen atoms in total. The Kier molecular flexibility index (Phi) is 10.9. The SMILES string of the molecule is CN(C(=O)c1cc(NCCCCCCCCC(=O)N2CC(c3cc4cc(-c5ccccc5)nnc4[nH]3)C2)ccc1C=O)C1CCC(=O)NC1=O. The molecule has 4 heterocycles. The number of likely N-dealkylation sites (tertiary alicyclic amines) is 1. The zero-order valence-electron chi connectivity index (χ0n) is 28.3. The first kappa shape index (κ1) is 34.5. The molecular weight excluding hydrogens is 634 g/mol. The number of hydrogen-bond acceptors (Lipinski definition) is 8. The molecule has 50 heavy (non-hydrogen) atoms. The van der Waals surface area contributed by atoms with Crippen molar-refractivity contribution in [3.05, 3.63) is 77.5 Å². The lowest BCUT2D eigenvalue weighted by atomic mass is 9.95. The molecule has 4 amide bonds. The van der Waals surface area contributed by atoms with Gasteiger partial charge in [-0.25, -0.2) is 0 Å². The van der Waals surface area contributed by atoms with E-state index in [1.807, 2.05) is 35.2 Å². The van der Waals surface area contributed by atoms with Crippen LogP contribution in [0.2, 0.25) is 0 Å². The first-order valence-electron chi connectivity index (χ1n) is 17.4. The third-order valence-electron chi connectivity index (χ3n) is 9.70. The third kappa shape index (κ3) is 8.07. The molecule has 3 N–H and O–H groups in total. The maximum absolute atomic E-state index is 13.2. The number of piperidine rings is 1. The molecule has 0 aliphatic carbocycles. The average Bonchev–Trinajstić information content (AvgIpc) is 3.53. The molecule has 1 unspecified atom stereocenters. The van der Waals surface area contributed by atoms with Crippen LogP contribution in [0, 0.1) is 0 Å². The zero-order chi connectivity index (χ0) is 35.0. The zero-order valence-corrected chi connectivity index (χ0v) is 28.3. The van der Waals surface area contributed by atoms with Crippen LogP contribution in [0.25, 0.3) is 22.3 Å². The Balaban J connectivity index is 0.853. The Hall–Kier alpha value is -5.39. The van der Waals surface area contributed by atoms with E-state index in [0.717, 1.165) is 85.3 Å². The van der Waals surface area contributed by atoms with E-state index in [1.54, 1.807) is 18.2 Å². The summed E-state index contributed by atoms with van der Waals surface area (Å²) in [5, 5.41) is 15.4. The van der Waals surface area contributed by atoms with Gasteiger partial charge in [-0.05, 0) is 49.6 Å². The minimum Gasteiger partial charge on any atom is -0.385 e. The maximum Gasteiger partial charge on any atom is 0.255 e. The molecular formula is C38H43N7O5. The van der Waals surface area contributed by atoms with Gasteiger partial charge < -0.3 is 20.1 Å². The van der Waals surface area contributed by atoms with Crippen molar-refractivity contribution in [2.24, 2.45) is 0 Å². The number of anilines is 1. The van der Waals surface area contributed by atoms with E-state index < -0.39 is 17.9 Å². The molecule has 2 aliphatic heterocycles. The molecule has 4 aromatic rings. The molecule has 260 valence electrons. The van der Waals surface area contributed by atoms with Gasteiger partial charge in [0.2, 0.25) is 17.7 Å². The predicted molar refractivity (Wildman–Crippen MR) is 190 cm³/mol. The molecule has 0 spiro atoms. The second kappa shape index (κ2) is 15.9. The predicted octanol–water partition coefficient (Wildman–Crippen LogP) is 5.08. The van der Waals surface area contributed by atoms with Gasteiger partial charge in [0.15, 0.2) is 11.9 Å². The van der Waals surface area contributed by atoms with Gasteiger partial charge in [0.05, 0.1) is 11.3 Å². The summed E-state index contributed by atoms with van der Waals surface area (Å²) in [6.45, 7) is 2.16. The molecule has 6 rings (SSSR count). The van der Waals surface area contributed by atoms with Crippen LogP contribution in [0.4, 0.5) is 5.69 Å². The summed E-state index contributed by atoms with van der Waals surface area (Å²) in [6, 6.07) is 18.4. The summed E-state index contributed by atoms with van der Waals surface area (Å²) in [5.41, 5.74) is 4.92. The Morgan fingerprint density at radius 1 is 0.960 bits per heavy atom. The third-order valence-corrected chi connectivity index (χ3v) is 9.70. The summed E-state index contributed by atoms with van der Waals surface area (Å²) in [5.74, 6) is -0.798. The van der Waals surface area contributed by atoms with Crippen LogP contribution in [0.5, 0.6) is 0 Å². The minimum atomic E-state index is -0.764. The topological polar surface area (TPSA) is 157 Å². The van der Waals surface area contributed by atoms with E-state index >= 15 is 0 Å². The van der Waals surface area contributed by atoms with Gasteiger partial charge in [-0.15, -0.1) is 10.2 Å². The van der Waals surface area contributed by atoms with Crippen molar-refractivity contribution in [2.75, 3.05) is 32.0 Å². The number of nitrogens with zero attached hydrogens (tertiary/aromatic N) is 4. The van der Waals surface area contributed by atoms with Crippen LogP contribution in [0.1, 0.15) is 90.1 Å². The second-order valence-corrected chi connectivity index (χ2v) is 13.2. The smallest absolute Gasteiger partial charge is 0.255 e. The van der Waals surface area contributed by atoms with E-state index in [-0.39, 0.29) is 41.7 Å². The Bertz CT molecular complexity index is 1870. The number of benzene rings is 2. The minimum absolute atomic E-state index is 0.161. The van der Waals surface area contributed by atoms with Gasteiger partial charge in [0.1, 0.15) is 6.04 Å². The van der Waals surface area contributed by atoms with Crippen molar-refractivity contribution in [1.29, 1.82) is 0 Å². The van der Waals surface area contributed by atoms with E-state index in [0.29, 0.717) is 19.3 Å². The molecule has 2 fully saturated rings. The number of rotatable bonds is 15. The normalized spacial score (nSPS) is 16.2. The number of unbranched alkanes of at least 4 members (excludes halogenated alkanes) is 5. The maximum atomic E-state index is 13.2. The summed E-state index contributed by atoms with van der Waals surface area (Å²) >= 11 is 0.